The van der Waals surface area contributed by atoms with Gasteiger partial charge in [-0.15, -0.1) is 0 Å². The van der Waals surface area contributed by atoms with Gasteiger partial charge in [-0.2, -0.15) is 0 Å². The Morgan fingerprint density at radius 1 is 1.17 bits per heavy atom. The summed E-state index contributed by atoms with van der Waals surface area (Å²) in [7, 11) is 0. The zero-order valence-corrected chi connectivity index (χ0v) is 13.6. The number of carbonyl (C=O) groups is 2. The van der Waals surface area contributed by atoms with Crippen molar-refractivity contribution in [3.8, 4) is 0 Å². The number of nitrogens with one attached hydrogen (secondary N) is 3. The highest BCUT2D eigenvalue weighted by atomic mass is 19.1. The molecule has 1 aromatic carbocycles. The van der Waals surface area contributed by atoms with Gasteiger partial charge in [0.15, 0.2) is 0 Å². The van der Waals surface area contributed by atoms with E-state index < -0.39 is 29.6 Å². The van der Waals surface area contributed by atoms with Crippen LogP contribution in [0, 0.1) is 17.6 Å². The molecule has 0 aromatic heterocycles. The zero-order chi connectivity index (χ0) is 17.4. The van der Waals surface area contributed by atoms with E-state index in [0.717, 1.165) is 18.6 Å². The number of benzene rings is 1. The fraction of sp³-hybridized carbons (Fsp3) is 0.500. The van der Waals surface area contributed by atoms with Crippen molar-refractivity contribution in [1.29, 1.82) is 0 Å². The number of amides is 3. The quantitative estimate of drug-likeness (QED) is 0.720. The minimum atomic E-state index is -0.683. The predicted molar refractivity (Wildman–Crippen MR) is 83.8 cm³/mol. The first kappa shape index (κ1) is 19.0. The van der Waals surface area contributed by atoms with Gasteiger partial charge in [0, 0.05) is 24.2 Å². The van der Waals surface area contributed by atoms with Crippen LogP contribution in [-0.2, 0) is 4.79 Å². The number of carbonyl (C=O) groups excluding carboxylic acids is 2. The van der Waals surface area contributed by atoms with Gasteiger partial charge in [-0.25, -0.2) is 13.6 Å². The van der Waals surface area contributed by atoms with Crippen LogP contribution in [0.4, 0.5) is 13.6 Å². The summed E-state index contributed by atoms with van der Waals surface area (Å²) in [6.07, 6.45) is 0.820. The molecule has 0 fully saturated rings. The van der Waals surface area contributed by atoms with E-state index in [-0.39, 0.29) is 12.1 Å². The number of hydrogen-bond donors (Lipinski definition) is 3. The maximum atomic E-state index is 13.6. The second kappa shape index (κ2) is 9.19. The molecule has 1 atom stereocenters. The van der Waals surface area contributed by atoms with Crippen molar-refractivity contribution in [1.82, 2.24) is 16.0 Å². The third-order valence-corrected chi connectivity index (χ3v) is 3.26. The normalized spacial score (nSPS) is 12.1. The molecule has 5 nitrogen and oxygen atoms in total. The van der Waals surface area contributed by atoms with Crippen LogP contribution in [0.3, 0.4) is 0 Å². The van der Waals surface area contributed by atoms with Gasteiger partial charge < -0.3 is 10.6 Å². The summed E-state index contributed by atoms with van der Waals surface area (Å²) in [4.78, 5) is 23.1. The van der Waals surface area contributed by atoms with E-state index in [4.69, 9.17) is 0 Å². The molecule has 0 radical (unpaired) electrons. The lowest BCUT2D eigenvalue weighted by molar-refractivity contribution is -0.119. The molecule has 0 bridgehead atoms. The maximum Gasteiger partial charge on any atom is 0.321 e. The highest BCUT2D eigenvalue weighted by Gasteiger charge is 2.13. The molecule has 0 heterocycles. The van der Waals surface area contributed by atoms with E-state index in [9.17, 15) is 18.4 Å². The first-order valence-electron chi connectivity index (χ1n) is 7.55. The number of hydrogen-bond acceptors (Lipinski definition) is 3. The Morgan fingerprint density at radius 3 is 2.48 bits per heavy atom. The van der Waals surface area contributed by atoms with Crippen molar-refractivity contribution < 1.29 is 18.4 Å². The molecule has 128 valence electrons. The van der Waals surface area contributed by atoms with Crippen molar-refractivity contribution in [2.75, 3.05) is 13.1 Å². The molecule has 23 heavy (non-hydrogen) atoms. The lowest BCUT2D eigenvalue weighted by Crippen LogP contribution is -2.44. The van der Waals surface area contributed by atoms with Gasteiger partial charge in [-0.1, -0.05) is 19.9 Å². The van der Waals surface area contributed by atoms with Gasteiger partial charge in [-0.05, 0) is 25.3 Å². The van der Waals surface area contributed by atoms with Crippen molar-refractivity contribution >= 4 is 11.9 Å². The van der Waals surface area contributed by atoms with Gasteiger partial charge in [0.25, 0.3) is 0 Å². The first-order chi connectivity index (χ1) is 10.8. The Hall–Kier alpha value is -2.02. The maximum absolute atomic E-state index is 13.6. The molecule has 0 spiro atoms. The third-order valence-electron chi connectivity index (χ3n) is 3.26. The Labute approximate surface area is 134 Å². The van der Waals surface area contributed by atoms with Crippen molar-refractivity contribution in [2.24, 2.45) is 5.92 Å². The summed E-state index contributed by atoms with van der Waals surface area (Å²) in [5.41, 5.74) is 0.251. The molecular formula is C16H23F2N3O2. The molecule has 0 saturated heterocycles. The summed E-state index contributed by atoms with van der Waals surface area (Å²) >= 11 is 0. The van der Waals surface area contributed by atoms with E-state index >= 15 is 0 Å². The zero-order valence-electron chi connectivity index (χ0n) is 13.6. The molecule has 1 aromatic rings. The van der Waals surface area contributed by atoms with Crippen LogP contribution >= 0.6 is 0 Å². The standard InChI is InChI=1S/C16H23F2N3O2/c1-10(2)6-7-19-16(23)21-15(22)9-20-11(3)13-5-4-12(17)8-14(13)18/h4-5,8,10-11,20H,6-7,9H2,1-3H3,(H2,19,21,22,23)/t11-/m1/s1. The molecule has 3 amide bonds. The minimum Gasteiger partial charge on any atom is -0.338 e. The highest BCUT2D eigenvalue weighted by Crippen LogP contribution is 2.17. The SMILES string of the molecule is CC(C)CCNC(=O)NC(=O)CN[C@H](C)c1ccc(F)cc1F. The molecule has 0 unspecified atom stereocenters. The fourth-order valence-corrected chi connectivity index (χ4v) is 1.90. The van der Waals surface area contributed by atoms with Gasteiger partial charge >= 0.3 is 6.03 Å². The lowest BCUT2D eigenvalue weighted by atomic mass is 10.1. The van der Waals surface area contributed by atoms with Crippen molar-refractivity contribution in [2.45, 2.75) is 33.2 Å². The van der Waals surface area contributed by atoms with E-state index in [2.05, 4.69) is 16.0 Å². The molecular weight excluding hydrogens is 304 g/mol. The number of urea groups is 1. The Balaban J connectivity index is 2.36. The molecule has 3 N–H and O–H groups in total. The number of rotatable bonds is 7. The average molecular weight is 327 g/mol. The van der Waals surface area contributed by atoms with Gasteiger partial charge in [0.2, 0.25) is 5.91 Å². The predicted octanol–water partition coefficient (Wildman–Crippen LogP) is 2.49. The summed E-state index contributed by atoms with van der Waals surface area (Å²) < 4.78 is 26.4. The van der Waals surface area contributed by atoms with Crippen LogP contribution in [0.5, 0.6) is 0 Å². The number of halogens is 2. The second-order valence-electron chi connectivity index (χ2n) is 5.76. The number of imide groups is 1. The highest BCUT2D eigenvalue weighted by molar-refractivity contribution is 5.95. The molecule has 7 heteroatoms. The summed E-state index contributed by atoms with van der Waals surface area (Å²) in [6.45, 7) is 6.04. The van der Waals surface area contributed by atoms with Crippen molar-refractivity contribution in [3.63, 3.8) is 0 Å². The Kier molecular flexibility index (Phi) is 7.61. The molecule has 0 saturated carbocycles. The van der Waals surface area contributed by atoms with Gasteiger partial charge in [0.1, 0.15) is 11.6 Å². The van der Waals surface area contributed by atoms with Crippen molar-refractivity contribution in [3.05, 3.63) is 35.4 Å². The topological polar surface area (TPSA) is 70.2 Å². The minimum absolute atomic E-state index is 0.157. The van der Waals surface area contributed by atoms with E-state index in [1.807, 2.05) is 13.8 Å². The first-order valence-corrected chi connectivity index (χ1v) is 7.55. The summed E-state index contributed by atoms with van der Waals surface area (Å²) in [5.74, 6) is -1.41. The van der Waals surface area contributed by atoms with Crippen LogP contribution in [0.25, 0.3) is 0 Å². The van der Waals surface area contributed by atoms with Crippen LogP contribution in [0.2, 0.25) is 0 Å². The van der Waals surface area contributed by atoms with Crippen LogP contribution < -0.4 is 16.0 Å². The molecule has 0 aliphatic carbocycles. The molecule has 0 aliphatic rings. The monoisotopic (exact) mass is 327 g/mol. The van der Waals surface area contributed by atoms with Crippen LogP contribution in [0.1, 0.15) is 38.8 Å². The van der Waals surface area contributed by atoms with Crippen LogP contribution in [-0.4, -0.2) is 25.0 Å². The summed E-state index contributed by atoms with van der Waals surface area (Å²) in [6, 6.07) is 2.21. The molecule has 1 rings (SSSR count). The third kappa shape index (κ3) is 7.19. The fourth-order valence-electron chi connectivity index (χ4n) is 1.90. The largest absolute Gasteiger partial charge is 0.338 e. The van der Waals surface area contributed by atoms with Gasteiger partial charge in [-0.3, -0.25) is 10.1 Å². The van der Waals surface area contributed by atoms with Gasteiger partial charge in [0.05, 0.1) is 6.54 Å². The van der Waals surface area contributed by atoms with E-state index in [1.54, 1.807) is 6.92 Å². The molecule has 0 aliphatic heterocycles. The Bertz CT molecular complexity index is 550. The van der Waals surface area contributed by atoms with E-state index in [0.29, 0.717) is 12.5 Å². The smallest absolute Gasteiger partial charge is 0.321 e. The average Bonchev–Trinajstić information content (AvgIpc) is 2.44. The summed E-state index contributed by atoms with van der Waals surface area (Å²) in [5, 5.41) is 7.54. The van der Waals surface area contributed by atoms with Crippen LogP contribution in [0.15, 0.2) is 18.2 Å². The lowest BCUT2D eigenvalue weighted by Gasteiger charge is -2.15. The Morgan fingerprint density at radius 2 is 1.87 bits per heavy atom. The van der Waals surface area contributed by atoms with E-state index in [1.165, 1.54) is 6.07 Å². The second-order valence-corrected chi connectivity index (χ2v) is 5.76.